The Balaban J connectivity index is 1.85. The highest BCUT2D eigenvalue weighted by Gasteiger charge is 2.31. The first-order valence-electron chi connectivity index (χ1n) is 10.1. The van der Waals surface area contributed by atoms with Crippen molar-refractivity contribution in [2.75, 3.05) is 11.9 Å². The van der Waals surface area contributed by atoms with Crippen molar-refractivity contribution >= 4 is 21.4 Å². The van der Waals surface area contributed by atoms with Crippen LogP contribution in [0.4, 0.5) is 18.9 Å². The van der Waals surface area contributed by atoms with Crippen LogP contribution in [-0.2, 0) is 21.8 Å². The van der Waals surface area contributed by atoms with Gasteiger partial charge >= 0.3 is 6.18 Å². The molecule has 3 aromatic carbocycles. The highest BCUT2D eigenvalue weighted by Crippen LogP contribution is 2.35. The number of carbonyl (C=O) groups is 1. The fourth-order valence-corrected chi connectivity index (χ4v) is 4.43. The first kappa shape index (κ1) is 24.3. The molecule has 0 heterocycles. The van der Waals surface area contributed by atoms with Gasteiger partial charge in [0.1, 0.15) is 5.75 Å². The summed E-state index contributed by atoms with van der Waals surface area (Å²) in [4.78, 5) is 12.9. The van der Waals surface area contributed by atoms with E-state index in [1.807, 2.05) is 6.92 Å². The van der Waals surface area contributed by atoms with Gasteiger partial charge in [0.15, 0.2) is 9.84 Å². The molecule has 0 radical (unpaired) electrons. The molecule has 5 nitrogen and oxygen atoms in total. The predicted molar refractivity (Wildman–Crippen MR) is 119 cm³/mol. The summed E-state index contributed by atoms with van der Waals surface area (Å²) in [6.07, 6.45) is -3.96. The van der Waals surface area contributed by atoms with Gasteiger partial charge in [0.25, 0.3) is 5.91 Å². The number of rotatable bonds is 8. The number of alkyl halides is 3. The normalized spacial score (nSPS) is 11.8. The second-order valence-corrected chi connectivity index (χ2v) is 9.27. The summed E-state index contributed by atoms with van der Waals surface area (Å²) >= 11 is 0. The Morgan fingerprint density at radius 1 is 0.970 bits per heavy atom. The second kappa shape index (κ2) is 10.1. The van der Waals surface area contributed by atoms with E-state index in [-0.39, 0.29) is 34.3 Å². The van der Waals surface area contributed by atoms with Crippen molar-refractivity contribution in [1.82, 2.24) is 0 Å². The van der Waals surface area contributed by atoms with Crippen molar-refractivity contribution < 1.29 is 31.1 Å². The lowest BCUT2D eigenvalue weighted by Gasteiger charge is -2.15. The molecule has 1 N–H and O–H groups in total. The van der Waals surface area contributed by atoms with Crippen LogP contribution < -0.4 is 10.1 Å². The quantitative estimate of drug-likeness (QED) is 0.450. The Kier molecular flexibility index (Phi) is 7.43. The number of benzene rings is 3. The van der Waals surface area contributed by atoms with Gasteiger partial charge < -0.3 is 10.1 Å². The molecule has 0 saturated heterocycles. The maximum absolute atomic E-state index is 13.2. The largest absolute Gasteiger partial charge is 0.491 e. The van der Waals surface area contributed by atoms with Crippen LogP contribution >= 0.6 is 0 Å². The van der Waals surface area contributed by atoms with Gasteiger partial charge in [0.2, 0.25) is 0 Å². The monoisotopic (exact) mass is 477 g/mol. The summed E-state index contributed by atoms with van der Waals surface area (Å²) in [7, 11) is -3.63. The molecule has 0 aliphatic carbocycles. The number of nitrogens with one attached hydrogen (secondary N) is 1. The van der Waals surface area contributed by atoms with Crippen LogP contribution in [-0.4, -0.2) is 20.9 Å². The molecule has 0 spiro atoms. The number of carbonyl (C=O) groups excluding carboxylic acids is 1. The van der Waals surface area contributed by atoms with Crippen LogP contribution in [0, 0.1) is 0 Å². The van der Waals surface area contributed by atoms with Crippen LogP contribution in [0.1, 0.15) is 34.8 Å². The van der Waals surface area contributed by atoms with E-state index in [2.05, 4.69) is 5.32 Å². The van der Waals surface area contributed by atoms with Crippen molar-refractivity contribution in [3.05, 3.63) is 89.5 Å². The van der Waals surface area contributed by atoms with Gasteiger partial charge in [-0.05, 0) is 54.4 Å². The van der Waals surface area contributed by atoms with E-state index in [0.717, 1.165) is 18.2 Å². The van der Waals surface area contributed by atoms with Gasteiger partial charge in [-0.3, -0.25) is 4.79 Å². The van der Waals surface area contributed by atoms with Gasteiger partial charge in [-0.15, -0.1) is 0 Å². The van der Waals surface area contributed by atoms with Gasteiger partial charge in [-0.2, -0.15) is 13.2 Å². The van der Waals surface area contributed by atoms with Crippen LogP contribution in [0.2, 0.25) is 0 Å². The van der Waals surface area contributed by atoms with E-state index in [0.29, 0.717) is 12.0 Å². The minimum absolute atomic E-state index is 0.106. The smallest absolute Gasteiger partial charge is 0.416 e. The molecular weight excluding hydrogens is 455 g/mol. The lowest BCUT2D eigenvalue weighted by Crippen LogP contribution is -2.15. The molecule has 0 unspecified atom stereocenters. The summed E-state index contributed by atoms with van der Waals surface area (Å²) in [6, 6.07) is 16.7. The molecule has 0 bridgehead atoms. The molecule has 33 heavy (non-hydrogen) atoms. The predicted octanol–water partition coefficient (Wildman–Crippen LogP) is 5.72. The van der Waals surface area contributed by atoms with Crippen molar-refractivity contribution in [2.45, 2.75) is 30.2 Å². The third-order valence-corrected chi connectivity index (χ3v) is 6.37. The fourth-order valence-electron chi connectivity index (χ4n) is 3.07. The average Bonchev–Trinajstić information content (AvgIpc) is 2.78. The highest BCUT2D eigenvalue weighted by molar-refractivity contribution is 7.90. The molecule has 0 aliphatic rings. The van der Waals surface area contributed by atoms with Crippen LogP contribution in [0.3, 0.4) is 0 Å². The summed E-state index contributed by atoms with van der Waals surface area (Å²) < 4.78 is 70.2. The molecule has 3 rings (SSSR count). The number of anilines is 1. The van der Waals surface area contributed by atoms with E-state index in [4.69, 9.17) is 4.74 Å². The van der Waals surface area contributed by atoms with E-state index in [1.165, 1.54) is 30.3 Å². The molecule has 0 aromatic heterocycles. The summed E-state index contributed by atoms with van der Waals surface area (Å²) in [5, 5.41) is 2.46. The molecular formula is C24H22F3NO4S. The van der Waals surface area contributed by atoms with Crippen molar-refractivity contribution in [3.63, 3.8) is 0 Å². The zero-order valence-corrected chi connectivity index (χ0v) is 18.5. The average molecular weight is 478 g/mol. The fraction of sp³-hybridized carbons (Fsp3) is 0.208. The Hall–Kier alpha value is -3.33. The van der Waals surface area contributed by atoms with Crippen LogP contribution in [0.15, 0.2) is 77.7 Å². The summed E-state index contributed by atoms with van der Waals surface area (Å²) in [5.74, 6) is -0.900. The topological polar surface area (TPSA) is 72.5 Å². The number of hydrogen-bond acceptors (Lipinski definition) is 4. The van der Waals surface area contributed by atoms with Crippen molar-refractivity contribution in [3.8, 4) is 5.75 Å². The molecule has 1 amide bonds. The first-order valence-corrected chi connectivity index (χ1v) is 11.8. The summed E-state index contributed by atoms with van der Waals surface area (Å²) in [5.41, 5.74) is -0.567. The maximum Gasteiger partial charge on any atom is 0.416 e. The molecule has 0 saturated carbocycles. The number of ether oxygens (including phenoxy) is 1. The Bertz CT molecular complexity index is 1230. The molecule has 174 valence electrons. The summed E-state index contributed by atoms with van der Waals surface area (Å²) in [6.45, 7) is 2.11. The minimum Gasteiger partial charge on any atom is -0.491 e. The SMILES string of the molecule is CCCOc1ccc(C(F)(F)F)cc1NC(=O)c1cccc(CS(=O)(=O)c2ccccc2)c1. The highest BCUT2D eigenvalue weighted by atomic mass is 32.2. The number of hydrogen-bond donors (Lipinski definition) is 1. The number of amides is 1. The lowest BCUT2D eigenvalue weighted by atomic mass is 10.1. The van der Waals surface area contributed by atoms with Gasteiger partial charge in [0, 0.05) is 5.56 Å². The molecule has 0 fully saturated rings. The maximum atomic E-state index is 13.2. The van der Waals surface area contributed by atoms with E-state index < -0.39 is 27.5 Å². The van der Waals surface area contributed by atoms with E-state index in [1.54, 1.807) is 24.3 Å². The minimum atomic E-state index is -4.59. The number of sulfone groups is 1. The molecule has 9 heteroatoms. The Morgan fingerprint density at radius 2 is 1.70 bits per heavy atom. The Morgan fingerprint density at radius 3 is 2.36 bits per heavy atom. The van der Waals surface area contributed by atoms with Crippen molar-refractivity contribution in [1.29, 1.82) is 0 Å². The first-order chi connectivity index (χ1) is 15.6. The van der Waals surface area contributed by atoms with Gasteiger partial charge in [-0.25, -0.2) is 8.42 Å². The Labute approximate surface area is 190 Å². The third kappa shape index (κ3) is 6.35. The third-order valence-electron chi connectivity index (χ3n) is 4.66. The lowest BCUT2D eigenvalue weighted by molar-refractivity contribution is -0.137. The standard InChI is InChI=1S/C24H22F3NO4S/c1-2-13-32-22-12-11-19(24(25,26)27)15-21(22)28-23(29)18-8-6-7-17(14-18)16-33(30,31)20-9-4-3-5-10-20/h3-12,14-15H,2,13,16H2,1H3,(H,28,29). The van der Waals surface area contributed by atoms with Gasteiger partial charge in [0.05, 0.1) is 28.5 Å². The van der Waals surface area contributed by atoms with Gasteiger partial charge in [-0.1, -0.05) is 37.3 Å². The van der Waals surface area contributed by atoms with Crippen molar-refractivity contribution in [2.24, 2.45) is 0 Å². The van der Waals surface area contributed by atoms with Crippen LogP contribution in [0.5, 0.6) is 5.75 Å². The van der Waals surface area contributed by atoms with Crippen LogP contribution in [0.25, 0.3) is 0 Å². The molecule has 0 aliphatic heterocycles. The van der Waals surface area contributed by atoms with E-state index in [9.17, 15) is 26.4 Å². The zero-order chi connectivity index (χ0) is 24.1. The zero-order valence-electron chi connectivity index (χ0n) is 17.7. The second-order valence-electron chi connectivity index (χ2n) is 7.28. The number of halogens is 3. The molecule has 3 aromatic rings. The van der Waals surface area contributed by atoms with E-state index >= 15 is 0 Å². The molecule has 0 atom stereocenters.